The van der Waals surface area contributed by atoms with Gasteiger partial charge in [0.25, 0.3) is 0 Å². The van der Waals surface area contributed by atoms with Crippen LogP contribution in [0.5, 0.6) is 0 Å². The van der Waals surface area contributed by atoms with Gasteiger partial charge in [-0.05, 0) is 44.4 Å². The minimum atomic E-state index is -3.44. The molecule has 1 aliphatic heterocycles. The molecule has 0 aromatic heterocycles. The van der Waals surface area contributed by atoms with Crippen molar-refractivity contribution in [1.82, 2.24) is 9.62 Å². The molecule has 6 heteroatoms. The van der Waals surface area contributed by atoms with Gasteiger partial charge in [0.05, 0.1) is 4.90 Å². The van der Waals surface area contributed by atoms with Crippen molar-refractivity contribution in [1.29, 1.82) is 0 Å². The first-order valence-electron chi connectivity index (χ1n) is 7.29. The van der Waals surface area contributed by atoms with Gasteiger partial charge in [-0.25, -0.2) is 8.42 Å². The lowest BCUT2D eigenvalue weighted by Crippen LogP contribution is -2.42. The van der Waals surface area contributed by atoms with Crippen LogP contribution in [0.4, 0.5) is 0 Å². The smallest absolute Gasteiger partial charge is 0.243 e. The first kappa shape index (κ1) is 16.0. The maximum atomic E-state index is 12.6. The molecule has 0 spiro atoms. The minimum absolute atomic E-state index is 0.0325. The van der Waals surface area contributed by atoms with Crippen LogP contribution in [0.2, 0.25) is 0 Å². The Morgan fingerprint density at radius 1 is 1.33 bits per heavy atom. The highest BCUT2D eigenvalue weighted by atomic mass is 32.2. The molecule has 21 heavy (non-hydrogen) atoms. The average Bonchev–Trinajstić information content (AvgIpc) is 2.47. The molecular weight excluding hydrogens is 288 g/mol. The molecule has 1 heterocycles. The van der Waals surface area contributed by atoms with E-state index in [0.717, 1.165) is 5.56 Å². The number of hydrogen-bond donors (Lipinski definition) is 1. The van der Waals surface area contributed by atoms with Crippen molar-refractivity contribution in [3.63, 3.8) is 0 Å². The lowest BCUT2D eigenvalue weighted by atomic mass is 9.97. The van der Waals surface area contributed by atoms with Crippen LogP contribution in [0, 0.1) is 12.8 Å². The number of carbonyl (C=O) groups is 1. The summed E-state index contributed by atoms with van der Waals surface area (Å²) in [4.78, 5) is 12.1. The number of hydrogen-bond acceptors (Lipinski definition) is 3. The van der Waals surface area contributed by atoms with Gasteiger partial charge in [0.2, 0.25) is 15.9 Å². The Labute approximate surface area is 126 Å². The highest BCUT2D eigenvalue weighted by Crippen LogP contribution is 2.24. The fourth-order valence-electron chi connectivity index (χ4n) is 2.60. The van der Waals surface area contributed by atoms with E-state index < -0.39 is 10.0 Å². The third kappa shape index (κ3) is 3.63. The number of piperidine rings is 1. The predicted molar refractivity (Wildman–Crippen MR) is 81.3 cm³/mol. The quantitative estimate of drug-likeness (QED) is 0.917. The standard InChI is InChI=1S/C15H22N2O3S/c1-3-16-15(18)13-7-9-17(10-8-13)21(19,20)14-6-4-5-12(2)11-14/h4-6,11,13H,3,7-10H2,1-2H3,(H,16,18). The molecule has 1 saturated heterocycles. The molecule has 5 nitrogen and oxygen atoms in total. The second-order valence-electron chi connectivity index (χ2n) is 5.39. The molecule has 1 aromatic rings. The normalized spacial score (nSPS) is 17.6. The Morgan fingerprint density at radius 2 is 2.00 bits per heavy atom. The van der Waals surface area contributed by atoms with E-state index in [0.29, 0.717) is 37.4 Å². The molecule has 0 saturated carbocycles. The molecule has 1 fully saturated rings. The number of carbonyl (C=O) groups excluding carboxylic acids is 1. The summed E-state index contributed by atoms with van der Waals surface area (Å²) < 4.78 is 26.6. The molecule has 0 radical (unpaired) electrons. The molecule has 116 valence electrons. The maximum absolute atomic E-state index is 12.6. The van der Waals surface area contributed by atoms with E-state index in [4.69, 9.17) is 0 Å². The summed E-state index contributed by atoms with van der Waals surface area (Å²) in [5, 5.41) is 2.80. The molecule has 1 aromatic carbocycles. The van der Waals surface area contributed by atoms with Gasteiger partial charge < -0.3 is 5.32 Å². The summed E-state index contributed by atoms with van der Waals surface area (Å²) >= 11 is 0. The predicted octanol–water partition coefficient (Wildman–Crippen LogP) is 1.53. The van der Waals surface area contributed by atoms with Crippen LogP contribution in [0.3, 0.4) is 0 Å². The van der Waals surface area contributed by atoms with Gasteiger partial charge in [0.1, 0.15) is 0 Å². The summed E-state index contributed by atoms with van der Waals surface area (Å²) in [7, 11) is -3.44. The third-order valence-corrected chi connectivity index (χ3v) is 5.70. The SMILES string of the molecule is CCNC(=O)C1CCN(S(=O)(=O)c2cccc(C)c2)CC1. The summed E-state index contributed by atoms with van der Waals surface area (Å²) in [6, 6.07) is 6.94. The Hall–Kier alpha value is -1.40. The van der Waals surface area contributed by atoms with E-state index in [1.807, 2.05) is 19.9 Å². The van der Waals surface area contributed by atoms with Gasteiger partial charge in [0, 0.05) is 25.6 Å². The third-order valence-electron chi connectivity index (χ3n) is 3.80. The number of nitrogens with zero attached hydrogens (tertiary/aromatic N) is 1. The molecule has 0 aliphatic carbocycles. The molecule has 1 N–H and O–H groups in total. The van der Waals surface area contributed by atoms with Crippen molar-refractivity contribution in [3.8, 4) is 0 Å². The van der Waals surface area contributed by atoms with Gasteiger partial charge in [-0.2, -0.15) is 4.31 Å². The zero-order valence-corrected chi connectivity index (χ0v) is 13.3. The van der Waals surface area contributed by atoms with Crippen LogP contribution in [-0.2, 0) is 14.8 Å². The van der Waals surface area contributed by atoms with Crippen molar-refractivity contribution in [2.75, 3.05) is 19.6 Å². The summed E-state index contributed by atoms with van der Waals surface area (Å²) in [6.07, 6.45) is 1.16. The number of aryl methyl sites for hydroxylation is 1. The van der Waals surface area contributed by atoms with E-state index in [9.17, 15) is 13.2 Å². The van der Waals surface area contributed by atoms with E-state index >= 15 is 0 Å². The molecule has 1 aliphatic rings. The monoisotopic (exact) mass is 310 g/mol. The van der Waals surface area contributed by atoms with Crippen molar-refractivity contribution in [2.45, 2.75) is 31.6 Å². The molecular formula is C15H22N2O3S. The van der Waals surface area contributed by atoms with Gasteiger partial charge in [-0.1, -0.05) is 12.1 Å². The zero-order chi connectivity index (χ0) is 15.5. The number of nitrogens with one attached hydrogen (secondary N) is 1. The molecule has 0 bridgehead atoms. The molecule has 2 rings (SSSR count). The largest absolute Gasteiger partial charge is 0.356 e. The summed E-state index contributed by atoms with van der Waals surface area (Å²) in [6.45, 7) is 5.17. The molecule has 1 amide bonds. The highest BCUT2D eigenvalue weighted by Gasteiger charge is 2.31. The fourth-order valence-corrected chi connectivity index (χ4v) is 4.18. The Morgan fingerprint density at radius 3 is 2.57 bits per heavy atom. The van der Waals surface area contributed by atoms with Gasteiger partial charge in [0.15, 0.2) is 0 Å². The summed E-state index contributed by atoms with van der Waals surface area (Å²) in [5.74, 6) is -0.0426. The van der Waals surface area contributed by atoms with Crippen LogP contribution < -0.4 is 5.32 Å². The Bertz CT molecular complexity index is 605. The van der Waals surface area contributed by atoms with Crippen molar-refractivity contribution < 1.29 is 13.2 Å². The molecule has 0 atom stereocenters. The Balaban J connectivity index is 2.06. The number of sulfonamides is 1. The minimum Gasteiger partial charge on any atom is -0.356 e. The average molecular weight is 310 g/mol. The van der Waals surface area contributed by atoms with Crippen LogP contribution in [0.1, 0.15) is 25.3 Å². The molecule has 0 unspecified atom stereocenters. The van der Waals surface area contributed by atoms with E-state index in [2.05, 4.69) is 5.32 Å². The lowest BCUT2D eigenvalue weighted by molar-refractivity contribution is -0.126. The first-order chi connectivity index (χ1) is 9.95. The topological polar surface area (TPSA) is 66.5 Å². The maximum Gasteiger partial charge on any atom is 0.243 e. The van der Waals surface area contributed by atoms with E-state index in [1.165, 1.54) is 4.31 Å². The van der Waals surface area contributed by atoms with Crippen LogP contribution in [-0.4, -0.2) is 38.3 Å². The van der Waals surface area contributed by atoms with E-state index in [-0.39, 0.29) is 11.8 Å². The van der Waals surface area contributed by atoms with Crippen molar-refractivity contribution in [2.24, 2.45) is 5.92 Å². The number of amides is 1. The van der Waals surface area contributed by atoms with E-state index in [1.54, 1.807) is 18.2 Å². The van der Waals surface area contributed by atoms with Crippen LogP contribution >= 0.6 is 0 Å². The lowest BCUT2D eigenvalue weighted by Gasteiger charge is -2.30. The highest BCUT2D eigenvalue weighted by molar-refractivity contribution is 7.89. The Kier molecular flexibility index (Phi) is 5.00. The zero-order valence-electron chi connectivity index (χ0n) is 12.5. The second kappa shape index (κ2) is 6.58. The van der Waals surface area contributed by atoms with Crippen LogP contribution in [0.25, 0.3) is 0 Å². The van der Waals surface area contributed by atoms with Crippen molar-refractivity contribution in [3.05, 3.63) is 29.8 Å². The van der Waals surface area contributed by atoms with Crippen LogP contribution in [0.15, 0.2) is 29.2 Å². The van der Waals surface area contributed by atoms with Gasteiger partial charge >= 0.3 is 0 Å². The van der Waals surface area contributed by atoms with Gasteiger partial charge in [-0.3, -0.25) is 4.79 Å². The first-order valence-corrected chi connectivity index (χ1v) is 8.73. The second-order valence-corrected chi connectivity index (χ2v) is 7.33. The number of rotatable bonds is 4. The fraction of sp³-hybridized carbons (Fsp3) is 0.533. The van der Waals surface area contributed by atoms with Gasteiger partial charge in [-0.15, -0.1) is 0 Å². The summed E-state index contributed by atoms with van der Waals surface area (Å²) in [5.41, 5.74) is 0.924. The number of benzene rings is 1. The van der Waals surface area contributed by atoms with Crippen molar-refractivity contribution >= 4 is 15.9 Å².